The van der Waals surface area contributed by atoms with Crippen LogP contribution in [0.25, 0.3) is 0 Å². The molecule has 1 aromatic heterocycles. The summed E-state index contributed by atoms with van der Waals surface area (Å²) in [7, 11) is -2.84. The monoisotopic (exact) mass is 299 g/mol. The molecule has 1 fully saturated rings. The molecule has 0 saturated carbocycles. The lowest BCUT2D eigenvalue weighted by atomic mass is 10.0. The Balaban J connectivity index is 1.92. The number of hydrogen-bond acceptors (Lipinski definition) is 6. The molecule has 0 atom stereocenters. The van der Waals surface area contributed by atoms with Crippen LogP contribution in [0.2, 0.25) is 0 Å². The van der Waals surface area contributed by atoms with E-state index in [0.29, 0.717) is 36.8 Å². The van der Waals surface area contributed by atoms with Crippen LogP contribution >= 0.6 is 0 Å². The van der Waals surface area contributed by atoms with Crippen molar-refractivity contribution in [1.29, 1.82) is 0 Å². The van der Waals surface area contributed by atoms with E-state index >= 15 is 0 Å². The Kier molecular flexibility index (Phi) is 4.22. The van der Waals surface area contributed by atoms with Gasteiger partial charge in [-0.05, 0) is 31.7 Å². The number of hydrogen-bond donors (Lipinski definition) is 1. The minimum absolute atomic E-state index is 0.000639. The molecule has 2 heterocycles. The van der Waals surface area contributed by atoms with Gasteiger partial charge in [0.2, 0.25) is 0 Å². The fraction of sp³-hybridized carbons (Fsp3) is 0.583. The Morgan fingerprint density at radius 1 is 1.40 bits per heavy atom. The molecule has 1 saturated heterocycles. The van der Waals surface area contributed by atoms with E-state index in [-0.39, 0.29) is 17.2 Å². The summed E-state index contributed by atoms with van der Waals surface area (Å²) in [6.45, 7) is 2.23. The topological polar surface area (TPSA) is 102 Å². The predicted octanol–water partition coefficient (Wildman–Crippen LogP) is 1.53. The van der Waals surface area contributed by atoms with Gasteiger partial charge in [0.1, 0.15) is 21.3 Å². The fourth-order valence-electron chi connectivity index (χ4n) is 2.24. The number of pyridine rings is 1. The summed E-state index contributed by atoms with van der Waals surface area (Å²) in [5.74, 6) is 1.37. The first-order valence-corrected chi connectivity index (χ1v) is 8.26. The quantitative estimate of drug-likeness (QED) is 0.668. The van der Waals surface area contributed by atoms with Crippen molar-refractivity contribution < 1.29 is 13.3 Å². The van der Waals surface area contributed by atoms with Gasteiger partial charge in [-0.1, -0.05) is 0 Å². The number of aromatic nitrogens is 1. The number of aryl methyl sites for hydroxylation is 1. The van der Waals surface area contributed by atoms with Crippen LogP contribution in [0.3, 0.4) is 0 Å². The second-order valence-electron chi connectivity index (χ2n) is 5.03. The minimum atomic E-state index is -2.84. The van der Waals surface area contributed by atoms with Crippen molar-refractivity contribution in [2.45, 2.75) is 19.8 Å². The summed E-state index contributed by atoms with van der Waals surface area (Å²) in [6, 6.07) is 3.00. The highest BCUT2D eigenvalue weighted by molar-refractivity contribution is 7.91. The summed E-state index contributed by atoms with van der Waals surface area (Å²) in [6.07, 6.45) is 1.31. The van der Waals surface area contributed by atoms with E-state index in [1.54, 1.807) is 13.0 Å². The number of anilines is 1. The molecule has 1 aromatic rings. The Hall–Kier alpha value is -1.70. The van der Waals surface area contributed by atoms with Gasteiger partial charge in [-0.25, -0.2) is 13.4 Å². The lowest BCUT2D eigenvalue weighted by Gasteiger charge is -2.22. The molecule has 7 nitrogen and oxygen atoms in total. The van der Waals surface area contributed by atoms with E-state index in [0.717, 1.165) is 0 Å². The zero-order valence-corrected chi connectivity index (χ0v) is 12.0. The summed E-state index contributed by atoms with van der Waals surface area (Å²) in [5.41, 5.74) is 0.366. The highest BCUT2D eigenvalue weighted by Crippen LogP contribution is 2.21. The zero-order valence-electron chi connectivity index (χ0n) is 11.2. The second-order valence-corrected chi connectivity index (χ2v) is 7.34. The molecule has 0 aromatic carbocycles. The standard InChI is InChI=1S/C12H17N3O4S/c1-9-11(15(16)17)2-3-12(14-9)13-8-10-4-6-20(18,19)7-5-10/h2-3,10H,4-8H2,1H3,(H,13,14). The number of nitro groups is 1. The largest absolute Gasteiger partial charge is 0.370 e. The van der Waals surface area contributed by atoms with Crippen LogP contribution < -0.4 is 5.32 Å². The summed E-state index contributed by atoms with van der Waals surface area (Å²) in [4.78, 5) is 14.4. The minimum Gasteiger partial charge on any atom is -0.370 e. The molecule has 0 bridgehead atoms. The van der Waals surface area contributed by atoms with Crippen molar-refractivity contribution in [1.82, 2.24) is 4.98 Å². The third-order valence-electron chi connectivity index (χ3n) is 3.50. The highest BCUT2D eigenvalue weighted by Gasteiger charge is 2.23. The Morgan fingerprint density at radius 3 is 2.60 bits per heavy atom. The van der Waals surface area contributed by atoms with Gasteiger partial charge in [0.25, 0.3) is 5.69 Å². The van der Waals surface area contributed by atoms with Crippen molar-refractivity contribution in [2.24, 2.45) is 5.92 Å². The van der Waals surface area contributed by atoms with Gasteiger partial charge < -0.3 is 5.32 Å². The Labute approximate surface area is 117 Å². The van der Waals surface area contributed by atoms with E-state index in [2.05, 4.69) is 10.3 Å². The van der Waals surface area contributed by atoms with E-state index < -0.39 is 14.8 Å². The molecule has 20 heavy (non-hydrogen) atoms. The molecule has 1 aliphatic heterocycles. The van der Waals surface area contributed by atoms with Gasteiger partial charge in [0.05, 0.1) is 16.4 Å². The maximum atomic E-state index is 11.3. The normalized spacial score (nSPS) is 18.6. The Morgan fingerprint density at radius 2 is 2.05 bits per heavy atom. The SMILES string of the molecule is Cc1nc(NCC2CCS(=O)(=O)CC2)ccc1[N+](=O)[O-]. The molecule has 1 N–H and O–H groups in total. The van der Waals surface area contributed by atoms with E-state index in [1.807, 2.05) is 0 Å². The van der Waals surface area contributed by atoms with Gasteiger partial charge in [0.15, 0.2) is 0 Å². The van der Waals surface area contributed by atoms with Gasteiger partial charge in [-0.3, -0.25) is 10.1 Å². The third kappa shape index (κ3) is 3.66. The first-order chi connectivity index (χ1) is 9.37. The number of sulfone groups is 1. The highest BCUT2D eigenvalue weighted by atomic mass is 32.2. The van der Waals surface area contributed by atoms with Crippen LogP contribution in [-0.2, 0) is 9.84 Å². The molecule has 8 heteroatoms. The maximum Gasteiger partial charge on any atom is 0.290 e. The van der Waals surface area contributed by atoms with Gasteiger partial charge in [0, 0.05) is 12.6 Å². The van der Waals surface area contributed by atoms with Crippen LogP contribution in [0.4, 0.5) is 11.5 Å². The first kappa shape index (κ1) is 14.7. The van der Waals surface area contributed by atoms with Crippen LogP contribution in [0.1, 0.15) is 18.5 Å². The van der Waals surface area contributed by atoms with Gasteiger partial charge in [-0.15, -0.1) is 0 Å². The number of rotatable bonds is 4. The van der Waals surface area contributed by atoms with Crippen LogP contribution in [0.15, 0.2) is 12.1 Å². The lowest BCUT2D eigenvalue weighted by Crippen LogP contribution is -2.27. The molecule has 0 radical (unpaired) electrons. The molecular formula is C12H17N3O4S. The molecule has 110 valence electrons. The Bertz CT molecular complexity index is 601. The summed E-state index contributed by atoms with van der Waals surface area (Å²) < 4.78 is 22.6. The molecule has 0 spiro atoms. The average Bonchev–Trinajstić information content (AvgIpc) is 2.37. The van der Waals surface area contributed by atoms with Gasteiger partial charge >= 0.3 is 0 Å². The predicted molar refractivity (Wildman–Crippen MR) is 75.5 cm³/mol. The number of nitrogens with zero attached hydrogens (tertiary/aromatic N) is 2. The molecular weight excluding hydrogens is 282 g/mol. The number of nitrogens with one attached hydrogen (secondary N) is 1. The van der Waals surface area contributed by atoms with Crippen molar-refractivity contribution in [3.63, 3.8) is 0 Å². The average molecular weight is 299 g/mol. The lowest BCUT2D eigenvalue weighted by molar-refractivity contribution is -0.385. The van der Waals surface area contributed by atoms with Gasteiger partial charge in [-0.2, -0.15) is 0 Å². The van der Waals surface area contributed by atoms with Crippen LogP contribution in [0, 0.1) is 23.0 Å². The maximum absolute atomic E-state index is 11.3. The molecule has 0 unspecified atom stereocenters. The fourth-order valence-corrected chi connectivity index (χ4v) is 3.83. The summed E-state index contributed by atoms with van der Waals surface area (Å²) in [5, 5.41) is 13.8. The second kappa shape index (κ2) is 5.74. The zero-order chi connectivity index (χ0) is 14.8. The van der Waals surface area contributed by atoms with E-state index in [4.69, 9.17) is 0 Å². The van der Waals surface area contributed by atoms with Crippen molar-refractivity contribution in [2.75, 3.05) is 23.4 Å². The van der Waals surface area contributed by atoms with Crippen LogP contribution in [0.5, 0.6) is 0 Å². The molecule has 0 aliphatic carbocycles. The summed E-state index contributed by atoms with van der Waals surface area (Å²) >= 11 is 0. The van der Waals surface area contributed by atoms with Crippen molar-refractivity contribution >= 4 is 21.3 Å². The molecule has 2 rings (SSSR count). The first-order valence-electron chi connectivity index (χ1n) is 6.44. The smallest absolute Gasteiger partial charge is 0.290 e. The van der Waals surface area contributed by atoms with Crippen LogP contribution in [-0.4, -0.2) is 36.4 Å². The molecule has 1 aliphatic rings. The third-order valence-corrected chi connectivity index (χ3v) is 5.22. The van der Waals surface area contributed by atoms with E-state index in [9.17, 15) is 18.5 Å². The van der Waals surface area contributed by atoms with Crippen molar-refractivity contribution in [3.8, 4) is 0 Å². The molecule has 0 amide bonds. The van der Waals surface area contributed by atoms with Crippen molar-refractivity contribution in [3.05, 3.63) is 27.9 Å². The van der Waals surface area contributed by atoms with E-state index in [1.165, 1.54) is 6.07 Å².